The summed E-state index contributed by atoms with van der Waals surface area (Å²) in [5, 5.41) is 0.846. The maximum atomic E-state index is 12.8. The van der Waals surface area contributed by atoms with Crippen molar-refractivity contribution >= 4 is 47.1 Å². The molecule has 2 rings (SSSR count). The first-order valence-corrected chi connectivity index (χ1v) is 12.8. The third-order valence-electron chi connectivity index (χ3n) is 6.21. The first-order chi connectivity index (χ1) is 17.3. The molecule has 0 saturated heterocycles. The molecule has 0 amide bonds. The van der Waals surface area contributed by atoms with E-state index in [1.807, 2.05) is 13.8 Å². The number of ether oxygens (including phenoxy) is 5. The van der Waals surface area contributed by atoms with E-state index in [0.717, 1.165) is 5.56 Å². The van der Waals surface area contributed by atoms with E-state index >= 15 is 0 Å². The van der Waals surface area contributed by atoms with Gasteiger partial charge in [-0.05, 0) is 36.5 Å². The summed E-state index contributed by atoms with van der Waals surface area (Å²) in [6.45, 7) is 9.45. The molecule has 37 heavy (non-hydrogen) atoms. The summed E-state index contributed by atoms with van der Waals surface area (Å²) in [6.07, 6.45) is -0.356. The number of rotatable bonds is 13. The minimum atomic E-state index is -0.822. The van der Waals surface area contributed by atoms with Gasteiger partial charge in [-0.2, -0.15) is 0 Å². The van der Waals surface area contributed by atoms with Gasteiger partial charge in [-0.1, -0.05) is 63.9 Å². The first kappa shape index (κ1) is 30.9. The highest BCUT2D eigenvalue weighted by atomic mass is 35.5. The first-order valence-electron chi connectivity index (χ1n) is 12.1. The van der Waals surface area contributed by atoms with E-state index in [9.17, 15) is 19.2 Å². The van der Waals surface area contributed by atoms with Gasteiger partial charge in [0, 0.05) is 0 Å². The van der Waals surface area contributed by atoms with Gasteiger partial charge in [0.05, 0.1) is 46.4 Å². The number of esters is 4. The maximum absolute atomic E-state index is 12.8. The van der Waals surface area contributed by atoms with Gasteiger partial charge in [0.1, 0.15) is 0 Å². The Kier molecular flexibility index (Phi) is 11.7. The summed E-state index contributed by atoms with van der Waals surface area (Å²) < 4.78 is 26.0. The zero-order valence-electron chi connectivity index (χ0n) is 21.8. The SMILES string of the molecule is CC(C)C(=O)OCOC(=O)[C@H]1C([C@H](C)[C@H](C)OCc2ccc(Cl)c(Cl)c2)[C@@H]1C(=O)OCOC(=O)C(C)C. The topological polar surface area (TPSA) is 114 Å². The van der Waals surface area contributed by atoms with Gasteiger partial charge in [-0.3, -0.25) is 19.2 Å². The number of hydrogen-bond acceptors (Lipinski definition) is 9. The van der Waals surface area contributed by atoms with Crippen molar-refractivity contribution in [3.63, 3.8) is 0 Å². The number of carbonyl (C=O) groups excluding carboxylic acids is 4. The minimum absolute atomic E-state index is 0.246. The monoisotopic (exact) mass is 560 g/mol. The van der Waals surface area contributed by atoms with Gasteiger partial charge < -0.3 is 23.7 Å². The fourth-order valence-corrected chi connectivity index (χ4v) is 4.06. The molecular formula is C26H34Cl2O9. The summed E-state index contributed by atoms with van der Waals surface area (Å²) in [6, 6.07) is 5.17. The molecule has 0 unspecified atom stereocenters. The van der Waals surface area contributed by atoms with E-state index in [2.05, 4.69) is 0 Å². The van der Waals surface area contributed by atoms with Crippen LogP contribution >= 0.6 is 23.2 Å². The van der Waals surface area contributed by atoms with E-state index in [0.29, 0.717) is 10.0 Å². The van der Waals surface area contributed by atoms with Gasteiger partial charge in [0.2, 0.25) is 13.6 Å². The van der Waals surface area contributed by atoms with Crippen LogP contribution in [0.5, 0.6) is 0 Å². The Balaban J connectivity index is 2.02. The van der Waals surface area contributed by atoms with Crippen LogP contribution in [0.25, 0.3) is 0 Å². The van der Waals surface area contributed by atoms with Crippen LogP contribution in [0.1, 0.15) is 47.1 Å². The van der Waals surface area contributed by atoms with Crippen molar-refractivity contribution in [2.45, 2.75) is 54.3 Å². The van der Waals surface area contributed by atoms with E-state index < -0.39 is 55.2 Å². The molecule has 1 fully saturated rings. The van der Waals surface area contributed by atoms with Crippen LogP contribution < -0.4 is 0 Å². The average Bonchev–Trinajstić information content (AvgIpc) is 3.59. The normalized spacial score (nSPS) is 20.2. The third kappa shape index (κ3) is 8.86. The van der Waals surface area contributed by atoms with Crippen LogP contribution in [-0.4, -0.2) is 43.6 Å². The summed E-state index contributed by atoms with van der Waals surface area (Å²) in [4.78, 5) is 48.8. The lowest BCUT2D eigenvalue weighted by atomic mass is 9.97. The summed E-state index contributed by atoms with van der Waals surface area (Å²) in [7, 11) is 0. The maximum Gasteiger partial charge on any atom is 0.313 e. The zero-order chi connectivity index (χ0) is 27.9. The van der Waals surface area contributed by atoms with Gasteiger partial charge in [-0.25, -0.2) is 0 Å². The number of halogens is 2. The Morgan fingerprint density at radius 3 is 1.68 bits per heavy atom. The molecule has 0 N–H and O–H groups in total. The zero-order valence-corrected chi connectivity index (χ0v) is 23.3. The molecule has 1 saturated carbocycles. The van der Waals surface area contributed by atoms with Crippen molar-refractivity contribution < 1.29 is 42.9 Å². The Labute approximate surface area is 227 Å². The van der Waals surface area contributed by atoms with Crippen molar-refractivity contribution in [2.75, 3.05) is 13.6 Å². The van der Waals surface area contributed by atoms with E-state index in [4.69, 9.17) is 46.9 Å². The quantitative estimate of drug-likeness (QED) is 0.248. The van der Waals surface area contributed by atoms with Crippen molar-refractivity contribution in [2.24, 2.45) is 35.5 Å². The second-order valence-corrected chi connectivity index (χ2v) is 10.5. The van der Waals surface area contributed by atoms with Crippen molar-refractivity contribution in [3.8, 4) is 0 Å². The van der Waals surface area contributed by atoms with Gasteiger partial charge in [-0.15, -0.1) is 0 Å². The predicted octanol–water partition coefficient (Wildman–Crippen LogP) is 4.80. The Bertz CT molecular complexity index is 935. The fraction of sp³-hybridized carbons (Fsp3) is 0.615. The van der Waals surface area contributed by atoms with Crippen LogP contribution in [0, 0.1) is 35.5 Å². The summed E-state index contributed by atoms with van der Waals surface area (Å²) in [5.74, 6) is -5.51. The van der Waals surface area contributed by atoms with Gasteiger partial charge in [0.15, 0.2) is 0 Å². The van der Waals surface area contributed by atoms with Gasteiger partial charge in [0.25, 0.3) is 0 Å². The minimum Gasteiger partial charge on any atom is -0.428 e. The molecule has 0 heterocycles. The van der Waals surface area contributed by atoms with Crippen molar-refractivity contribution in [1.29, 1.82) is 0 Å². The van der Waals surface area contributed by atoms with Crippen LogP contribution in [-0.2, 0) is 49.5 Å². The van der Waals surface area contributed by atoms with E-state index in [1.165, 1.54) is 0 Å². The lowest BCUT2D eigenvalue weighted by molar-refractivity contribution is -0.175. The predicted molar refractivity (Wildman–Crippen MR) is 134 cm³/mol. The molecule has 0 radical (unpaired) electrons. The Morgan fingerprint density at radius 2 is 1.24 bits per heavy atom. The van der Waals surface area contributed by atoms with Crippen LogP contribution in [0.3, 0.4) is 0 Å². The highest BCUT2D eigenvalue weighted by Crippen LogP contribution is 2.53. The Morgan fingerprint density at radius 1 is 0.757 bits per heavy atom. The number of benzene rings is 1. The van der Waals surface area contributed by atoms with E-state index in [-0.39, 0.29) is 30.5 Å². The molecule has 1 aromatic carbocycles. The molecule has 1 aromatic rings. The molecule has 0 aromatic heterocycles. The average molecular weight is 561 g/mol. The highest BCUT2D eigenvalue weighted by molar-refractivity contribution is 6.42. The molecule has 9 nitrogen and oxygen atoms in total. The van der Waals surface area contributed by atoms with Crippen LogP contribution in [0.15, 0.2) is 18.2 Å². The second-order valence-electron chi connectivity index (χ2n) is 9.65. The van der Waals surface area contributed by atoms with E-state index in [1.54, 1.807) is 45.9 Å². The molecule has 11 heteroatoms. The second kappa shape index (κ2) is 14.0. The molecule has 0 bridgehead atoms. The standard InChI is InChI=1S/C26H34Cl2O9/c1-13(2)23(29)34-11-36-25(31)21-20(22(21)26(32)37-12-35-24(30)14(3)4)15(5)16(6)33-10-17-7-8-18(27)19(28)9-17/h7-9,13-16,20-22H,10-12H2,1-6H3/t15-,16+,21+,22+/m1/s1. The smallest absolute Gasteiger partial charge is 0.313 e. The molecular weight excluding hydrogens is 527 g/mol. The van der Waals surface area contributed by atoms with Crippen molar-refractivity contribution in [1.82, 2.24) is 0 Å². The third-order valence-corrected chi connectivity index (χ3v) is 6.95. The van der Waals surface area contributed by atoms with Crippen LogP contribution in [0.2, 0.25) is 10.0 Å². The number of hydrogen-bond donors (Lipinski definition) is 0. The van der Waals surface area contributed by atoms with Crippen molar-refractivity contribution in [3.05, 3.63) is 33.8 Å². The fourth-order valence-electron chi connectivity index (χ4n) is 3.73. The Hall–Kier alpha value is -2.36. The summed E-state index contributed by atoms with van der Waals surface area (Å²) >= 11 is 12.0. The van der Waals surface area contributed by atoms with Gasteiger partial charge >= 0.3 is 23.9 Å². The van der Waals surface area contributed by atoms with Crippen LogP contribution in [0.4, 0.5) is 0 Å². The lowest BCUT2D eigenvalue weighted by Gasteiger charge is -2.21. The molecule has 206 valence electrons. The summed E-state index contributed by atoms with van der Waals surface area (Å²) in [5.41, 5.74) is 0.815. The largest absolute Gasteiger partial charge is 0.428 e. The molecule has 1 aliphatic rings. The highest BCUT2D eigenvalue weighted by Gasteiger charge is 2.63. The molecule has 0 aliphatic heterocycles. The number of carbonyl (C=O) groups is 4. The molecule has 4 atom stereocenters. The lowest BCUT2D eigenvalue weighted by Crippen LogP contribution is -2.23. The molecule has 0 spiro atoms. The molecule has 1 aliphatic carbocycles.